The number of hydrogen-bond acceptors (Lipinski definition) is 9. The van der Waals surface area contributed by atoms with Gasteiger partial charge in [-0.15, -0.1) is 0 Å². The maximum absolute atomic E-state index is 13.1. The van der Waals surface area contributed by atoms with E-state index in [1.54, 1.807) is 91.0 Å². The Bertz CT molecular complexity index is 1350. The van der Waals surface area contributed by atoms with Crippen LogP contribution in [0.3, 0.4) is 0 Å². The van der Waals surface area contributed by atoms with E-state index in [4.69, 9.17) is 63.9 Å². The van der Waals surface area contributed by atoms with Crippen molar-refractivity contribution < 1.29 is 38.1 Å². The van der Waals surface area contributed by atoms with E-state index in [0.717, 1.165) is 0 Å². The molecule has 0 spiro atoms. The summed E-state index contributed by atoms with van der Waals surface area (Å²) in [7, 11) is 0. The lowest BCUT2D eigenvalue weighted by Gasteiger charge is -2.40. The van der Waals surface area contributed by atoms with Crippen molar-refractivity contribution in [2.75, 3.05) is 6.61 Å². The lowest BCUT2D eigenvalue weighted by molar-refractivity contribution is -0.234. The molecule has 41 heavy (non-hydrogen) atoms. The van der Waals surface area contributed by atoms with Gasteiger partial charge in [-0.2, -0.15) is 0 Å². The third-order valence-corrected chi connectivity index (χ3v) is 6.41. The van der Waals surface area contributed by atoms with E-state index in [9.17, 15) is 14.4 Å². The number of esters is 3. The second-order valence-corrected chi connectivity index (χ2v) is 11.1. The quantitative estimate of drug-likeness (QED) is 0.111. The molecular formula is C29H24Cl3NO8. The minimum atomic E-state index is -2.20. The molecule has 0 saturated carbocycles. The van der Waals surface area contributed by atoms with Crippen molar-refractivity contribution in [2.24, 2.45) is 0 Å². The van der Waals surface area contributed by atoms with Crippen molar-refractivity contribution in [3.63, 3.8) is 0 Å². The summed E-state index contributed by atoms with van der Waals surface area (Å²) in [5.74, 6) is -2.86. The van der Waals surface area contributed by atoms with Gasteiger partial charge in [0.2, 0.25) is 12.2 Å². The van der Waals surface area contributed by atoms with E-state index in [1.807, 2.05) is 0 Å². The van der Waals surface area contributed by atoms with Crippen molar-refractivity contribution in [2.45, 2.75) is 34.8 Å². The van der Waals surface area contributed by atoms with Crippen LogP contribution in [-0.4, -0.2) is 58.8 Å². The molecular weight excluding hydrogens is 597 g/mol. The van der Waals surface area contributed by atoms with Gasteiger partial charge >= 0.3 is 17.9 Å². The molecule has 4 atom stereocenters. The lowest BCUT2D eigenvalue weighted by atomic mass is 10.0. The Labute approximate surface area is 250 Å². The number of carbonyl (C=O) groups is 3. The summed E-state index contributed by atoms with van der Waals surface area (Å²) in [6.45, 7) is -0.430. The fourth-order valence-electron chi connectivity index (χ4n) is 3.93. The number of hydrogen-bond donors (Lipinski definition) is 1. The van der Waals surface area contributed by atoms with Gasteiger partial charge in [0.25, 0.3) is 3.79 Å². The Balaban J connectivity index is 1.62. The van der Waals surface area contributed by atoms with Crippen LogP contribution in [0.4, 0.5) is 0 Å². The number of halogens is 3. The molecule has 12 heteroatoms. The minimum absolute atomic E-state index is 0.211. The van der Waals surface area contributed by atoms with Crippen LogP contribution >= 0.6 is 34.8 Å². The van der Waals surface area contributed by atoms with Crippen LogP contribution in [0.2, 0.25) is 0 Å². The van der Waals surface area contributed by atoms with Gasteiger partial charge in [-0.05, 0) is 36.4 Å². The number of alkyl halides is 3. The Morgan fingerprint density at radius 2 is 1.20 bits per heavy atom. The standard InChI is InChI=1S/C29H24Cl3NO8/c30-29(31,32)28(33)40-23-16-21(39-26(35)19-12-6-2-7-13-19)24(41-27(36)20-14-8-3-9-15-20)22(38-23)17-37-25(34)18-10-4-1-5-11-18/h1-15,21-24,33H,16-17H2. The van der Waals surface area contributed by atoms with Crippen LogP contribution in [0.25, 0.3) is 0 Å². The van der Waals surface area contributed by atoms with Gasteiger partial charge in [0.05, 0.1) is 23.1 Å². The van der Waals surface area contributed by atoms with Gasteiger partial charge in [-0.25, -0.2) is 14.4 Å². The molecule has 0 bridgehead atoms. The normalized spacial score (nSPS) is 20.4. The molecule has 4 unspecified atom stereocenters. The number of ether oxygens (including phenoxy) is 5. The summed E-state index contributed by atoms with van der Waals surface area (Å²) in [4.78, 5) is 38.8. The van der Waals surface area contributed by atoms with Crippen LogP contribution in [0, 0.1) is 5.41 Å². The van der Waals surface area contributed by atoms with Gasteiger partial charge in [0, 0.05) is 0 Å². The van der Waals surface area contributed by atoms with E-state index in [1.165, 1.54) is 0 Å². The summed E-state index contributed by atoms with van der Waals surface area (Å²) in [5, 5.41) is 7.97. The maximum Gasteiger partial charge on any atom is 0.338 e. The number of nitrogens with one attached hydrogen (secondary N) is 1. The Hall–Kier alpha value is -3.63. The largest absolute Gasteiger partial charge is 0.459 e. The van der Waals surface area contributed by atoms with Gasteiger partial charge < -0.3 is 23.7 Å². The molecule has 1 saturated heterocycles. The van der Waals surface area contributed by atoms with Crippen molar-refractivity contribution in [1.29, 1.82) is 5.41 Å². The molecule has 3 aromatic rings. The molecule has 0 amide bonds. The predicted octanol–water partition coefficient (Wildman–Crippen LogP) is 5.77. The van der Waals surface area contributed by atoms with Crippen molar-refractivity contribution in [3.05, 3.63) is 108 Å². The zero-order valence-corrected chi connectivity index (χ0v) is 23.6. The minimum Gasteiger partial charge on any atom is -0.459 e. The first-order valence-corrected chi connectivity index (χ1v) is 13.5. The van der Waals surface area contributed by atoms with Crippen LogP contribution < -0.4 is 0 Å². The SMILES string of the molecule is N=C(OC1CC(OC(=O)c2ccccc2)C(OC(=O)c2ccccc2)C(COC(=O)c2ccccc2)O1)C(Cl)(Cl)Cl. The Morgan fingerprint density at radius 1 is 0.732 bits per heavy atom. The van der Waals surface area contributed by atoms with Gasteiger partial charge in [0.1, 0.15) is 18.8 Å². The van der Waals surface area contributed by atoms with E-state index in [0.29, 0.717) is 0 Å². The van der Waals surface area contributed by atoms with Crippen molar-refractivity contribution >= 4 is 58.6 Å². The van der Waals surface area contributed by atoms with Crippen LogP contribution in [0.5, 0.6) is 0 Å². The van der Waals surface area contributed by atoms with Crippen molar-refractivity contribution in [1.82, 2.24) is 0 Å². The monoisotopic (exact) mass is 619 g/mol. The third-order valence-electron chi connectivity index (χ3n) is 5.90. The van der Waals surface area contributed by atoms with Crippen LogP contribution in [0.15, 0.2) is 91.0 Å². The summed E-state index contributed by atoms with van der Waals surface area (Å²) < 4.78 is 26.1. The molecule has 1 aliphatic rings. The Kier molecular flexibility index (Phi) is 10.2. The maximum atomic E-state index is 13.1. The topological polar surface area (TPSA) is 121 Å². The van der Waals surface area contributed by atoms with Crippen molar-refractivity contribution in [3.8, 4) is 0 Å². The molecule has 1 N–H and O–H groups in total. The molecule has 1 heterocycles. The molecule has 4 rings (SSSR count). The second-order valence-electron chi connectivity index (χ2n) is 8.79. The summed E-state index contributed by atoms with van der Waals surface area (Å²) in [6, 6.07) is 24.5. The molecule has 0 aromatic heterocycles. The predicted molar refractivity (Wildman–Crippen MR) is 150 cm³/mol. The average Bonchev–Trinajstić information content (AvgIpc) is 2.98. The first kappa shape index (κ1) is 30.3. The zero-order chi connectivity index (χ0) is 29.4. The van der Waals surface area contributed by atoms with Crippen LogP contribution in [-0.2, 0) is 23.7 Å². The summed E-state index contributed by atoms with van der Waals surface area (Å²) in [6.07, 6.45) is -5.12. The molecule has 1 fully saturated rings. The first-order valence-electron chi connectivity index (χ1n) is 12.3. The van der Waals surface area contributed by atoms with E-state index < -0.39 is 58.8 Å². The number of rotatable bonds is 8. The second kappa shape index (κ2) is 13.8. The smallest absolute Gasteiger partial charge is 0.338 e. The van der Waals surface area contributed by atoms with Gasteiger partial charge in [-0.3, -0.25) is 5.41 Å². The highest BCUT2D eigenvalue weighted by Crippen LogP contribution is 2.33. The number of benzene rings is 3. The third kappa shape index (κ3) is 8.43. The lowest BCUT2D eigenvalue weighted by Crippen LogP contribution is -2.55. The highest BCUT2D eigenvalue weighted by atomic mass is 35.6. The van der Waals surface area contributed by atoms with E-state index >= 15 is 0 Å². The molecule has 214 valence electrons. The number of carbonyl (C=O) groups excluding carboxylic acids is 3. The van der Waals surface area contributed by atoms with Gasteiger partial charge in [0.15, 0.2) is 6.10 Å². The fraction of sp³-hybridized carbons (Fsp3) is 0.241. The van der Waals surface area contributed by atoms with E-state index in [-0.39, 0.29) is 23.1 Å². The van der Waals surface area contributed by atoms with E-state index in [2.05, 4.69) is 0 Å². The zero-order valence-electron chi connectivity index (χ0n) is 21.3. The summed E-state index contributed by atoms with van der Waals surface area (Å²) >= 11 is 17.3. The molecule has 3 aromatic carbocycles. The molecule has 0 aliphatic carbocycles. The molecule has 9 nitrogen and oxygen atoms in total. The first-order chi connectivity index (χ1) is 19.6. The molecule has 0 radical (unpaired) electrons. The average molecular weight is 621 g/mol. The highest BCUT2D eigenvalue weighted by molar-refractivity contribution is 6.76. The summed E-state index contributed by atoms with van der Waals surface area (Å²) in [5.41, 5.74) is 0.752. The fourth-order valence-corrected chi connectivity index (χ4v) is 4.06. The molecule has 1 aliphatic heterocycles. The van der Waals surface area contributed by atoms with Gasteiger partial charge in [-0.1, -0.05) is 89.4 Å². The highest BCUT2D eigenvalue weighted by Gasteiger charge is 2.46. The van der Waals surface area contributed by atoms with Crippen LogP contribution in [0.1, 0.15) is 37.5 Å². The Morgan fingerprint density at radius 3 is 1.68 bits per heavy atom.